The maximum absolute atomic E-state index is 12.2. The van der Waals surface area contributed by atoms with Crippen molar-refractivity contribution in [3.05, 3.63) is 0 Å². The molecule has 0 aromatic carbocycles. The van der Waals surface area contributed by atoms with Crippen LogP contribution in [0.4, 0.5) is 0 Å². The zero-order valence-electron chi connectivity index (χ0n) is 10.9. The van der Waals surface area contributed by atoms with E-state index in [9.17, 15) is 4.79 Å². The number of hydrogen-bond donors (Lipinski definition) is 2. The maximum Gasteiger partial charge on any atom is 0.226 e. The third-order valence-electron chi connectivity index (χ3n) is 3.21. The third kappa shape index (κ3) is 3.95. The molecule has 0 aliphatic carbocycles. The van der Waals surface area contributed by atoms with Crippen molar-refractivity contribution in [2.24, 2.45) is 5.41 Å². The highest BCUT2D eigenvalue weighted by molar-refractivity contribution is 5.85. The normalized spacial score (nSPS) is 19.8. The molecular formula is C12H25ClN2O. The Labute approximate surface area is 105 Å². The van der Waals surface area contributed by atoms with Crippen molar-refractivity contribution in [2.45, 2.75) is 52.5 Å². The summed E-state index contributed by atoms with van der Waals surface area (Å²) in [5.41, 5.74) is -0.247. The van der Waals surface area contributed by atoms with Crippen LogP contribution in [0.15, 0.2) is 0 Å². The molecule has 0 saturated carbocycles. The van der Waals surface area contributed by atoms with Crippen LogP contribution in [-0.4, -0.2) is 24.5 Å². The van der Waals surface area contributed by atoms with Crippen LogP contribution in [0.1, 0.15) is 47.0 Å². The molecule has 16 heavy (non-hydrogen) atoms. The molecule has 3 nitrogen and oxygen atoms in total. The van der Waals surface area contributed by atoms with E-state index in [1.54, 1.807) is 0 Å². The van der Waals surface area contributed by atoms with Gasteiger partial charge in [0, 0.05) is 5.54 Å². The quantitative estimate of drug-likeness (QED) is 0.786. The summed E-state index contributed by atoms with van der Waals surface area (Å²) in [7, 11) is 0. The summed E-state index contributed by atoms with van der Waals surface area (Å²) in [5.74, 6) is 0.235. The average Bonchev–Trinajstić information content (AvgIpc) is 2.16. The fraction of sp³-hybridized carbons (Fsp3) is 0.917. The predicted octanol–water partition coefficient (Wildman–Crippen LogP) is 2.10. The van der Waals surface area contributed by atoms with E-state index >= 15 is 0 Å². The molecule has 0 radical (unpaired) electrons. The summed E-state index contributed by atoms with van der Waals surface area (Å²) in [6, 6.07) is 0. The molecule has 96 valence electrons. The summed E-state index contributed by atoms with van der Waals surface area (Å²) in [5, 5.41) is 6.43. The second-order valence-electron chi connectivity index (χ2n) is 5.59. The highest BCUT2D eigenvalue weighted by Crippen LogP contribution is 2.33. The molecule has 1 aliphatic rings. The molecule has 0 unspecified atom stereocenters. The Morgan fingerprint density at radius 3 is 2.19 bits per heavy atom. The highest BCUT2D eigenvalue weighted by atomic mass is 35.5. The second-order valence-corrected chi connectivity index (χ2v) is 5.59. The number of rotatable bonds is 2. The van der Waals surface area contributed by atoms with E-state index in [2.05, 4.69) is 17.6 Å². The lowest BCUT2D eigenvalue weighted by atomic mass is 9.75. The Balaban J connectivity index is 0.00000225. The van der Waals surface area contributed by atoms with E-state index in [4.69, 9.17) is 0 Å². The van der Waals surface area contributed by atoms with Gasteiger partial charge in [0.05, 0.1) is 5.41 Å². The Bertz CT molecular complexity index is 230. The van der Waals surface area contributed by atoms with Crippen LogP contribution in [0, 0.1) is 5.41 Å². The van der Waals surface area contributed by atoms with Gasteiger partial charge < -0.3 is 10.6 Å². The smallest absolute Gasteiger partial charge is 0.226 e. The lowest BCUT2D eigenvalue weighted by Gasteiger charge is -2.37. The van der Waals surface area contributed by atoms with Gasteiger partial charge in [-0.25, -0.2) is 0 Å². The van der Waals surface area contributed by atoms with Crippen LogP contribution in [0.3, 0.4) is 0 Å². The van der Waals surface area contributed by atoms with Crippen LogP contribution in [-0.2, 0) is 4.79 Å². The molecule has 1 rings (SSSR count). The molecule has 2 N–H and O–H groups in total. The van der Waals surface area contributed by atoms with E-state index in [0.29, 0.717) is 0 Å². The van der Waals surface area contributed by atoms with Gasteiger partial charge in [-0.1, -0.05) is 6.92 Å². The van der Waals surface area contributed by atoms with Crippen LogP contribution >= 0.6 is 12.4 Å². The minimum absolute atomic E-state index is 0. The zero-order chi connectivity index (χ0) is 11.5. The van der Waals surface area contributed by atoms with E-state index in [1.165, 1.54) is 0 Å². The summed E-state index contributed by atoms with van der Waals surface area (Å²) in [4.78, 5) is 12.2. The fourth-order valence-corrected chi connectivity index (χ4v) is 2.12. The van der Waals surface area contributed by atoms with E-state index in [1.807, 2.05) is 20.8 Å². The molecule has 0 bridgehead atoms. The fourth-order valence-electron chi connectivity index (χ4n) is 2.12. The van der Waals surface area contributed by atoms with Crippen molar-refractivity contribution < 1.29 is 4.79 Å². The van der Waals surface area contributed by atoms with Crippen molar-refractivity contribution in [1.82, 2.24) is 10.6 Å². The zero-order valence-corrected chi connectivity index (χ0v) is 11.7. The number of halogens is 1. The van der Waals surface area contributed by atoms with Crippen molar-refractivity contribution in [1.29, 1.82) is 0 Å². The van der Waals surface area contributed by atoms with Gasteiger partial charge in [-0.3, -0.25) is 4.79 Å². The lowest BCUT2D eigenvalue weighted by Crippen LogP contribution is -2.52. The number of hydrogen-bond acceptors (Lipinski definition) is 2. The Morgan fingerprint density at radius 1 is 1.31 bits per heavy atom. The van der Waals surface area contributed by atoms with Gasteiger partial charge in [0.15, 0.2) is 0 Å². The van der Waals surface area contributed by atoms with E-state index in [0.717, 1.165) is 32.4 Å². The largest absolute Gasteiger partial charge is 0.351 e. The predicted molar refractivity (Wildman–Crippen MR) is 70.0 cm³/mol. The summed E-state index contributed by atoms with van der Waals surface area (Å²) < 4.78 is 0. The molecule has 1 saturated heterocycles. The summed E-state index contributed by atoms with van der Waals surface area (Å²) in [6.07, 6.45) is 2.87. The summed E-state index contributed by atoms with van der Waals surface area (Å²) in [6.45, 7) is 10.2. The monoisotopic (exact) mass is 248 g/mol. The third-order valence-corrected chi connectivity index (χ3v) is 3.21. The minimum atomic E-state index is -0.126. The number of nitrogens with one attached hydrogen (secondary N) is 2. The maximum atomic E-state index is 12.2. The molecule has 1 fully saturated rings. The summed E-state index contributed by atoms with van der Waals surface area (Å²) >= 11 is 0. The van der Waals surface area contributed by atoms with Gasteiger partial charge in [0.1, 0.15) is 0 Å². The minimum Gasteiger partial charge on any atom is -0.351 e. The first-order valence-electron chi connectivity index (χ1n) is 5.93. The molecular weight excluding hydrogens is 224 g/mol. The lowest BCUT2D eigenvalue weighted by molar-refractivity contribution is -0.134. The van der Waals surface area contributed by atoms with Crippen molar-refractivity contribution in [2.75, 3.05) is 13.1 Å². The molecule has 1 amide bonds. The van der Waals surface area contributed by atoms with Gasteiger partial charge >= 0.3 is 0 Å². The van der Waals surface area contributed by atoms with Crippen molar-refractivity contribution in [3.8, 4) is 0 Å². The molecule has 1 aliphatic heterocycles. The number of carbonyl (C=O) groups is 1. The molecule has 4 heteroatoms. The van der Waals surface area contributed by atoms with Crippen molar-refractivity contribution in [3.63, 3.8) is 0 Å². The average molecular weight is 249 g/mol. The molecule has 1 heterocycles. The Hall–Kier alpha value is -0.280. The molecule has 0 spiro atoms. The van der Waals surface area contributed by atoms with Gasteiger partial charge in [0.2, 0.25) is 5.91 Å². The molecule has 0 aromatic heterocycles. The number of carbonyl (C=O) groups excluding carboxylic acids is 1. The Kier molecular flexibility index (Phi) is 5.77. The van der Waals surface area contributed by atoms with E-state index in [-0.39, 0.29) is 29.3 Å². The van der Waals surface area contributed by atoms with Crippen LogP contribution in [0.2, 0.25) is 0 Å². The first kappa shape index (κ1) is 15.7. The molecule has 0 aromatic rings. The highest BCUT2D eigenvalue weighted by Gasteiger charge is 2.38. The van der Waals surface area contributed by atoms with E-state index < -0.39 is 0 Å². The number of piperidine rings is 1. The van der Waals surface area contributed by atoms with Crippen LogP contribution in [0.25, 0.3) is 0 Å². The Morgan fingerprint density at radius 2 is 1.81 bits per heavy atom. The standard InChI is InChI=1S/C12H24N2O.ClH/c1-5-12(6-8-13-9-7-12)10(15)14-11(2,3)4;/h13H,5-9H2,1-4H3,(H,14,15);1H. The van der Waals surface area contributed by atoms with Crippen LogP contribution < -0.4 is 10.6 Å². The SMILES string of the molecule is CCC1(C(=O)NC(C)(C)C)CCNCC1.Cl. The topological polar surface area (TPSA) is 41.1 Å². The van der Waals surface area contributed by atoms with Gasteiger partial charge in [-0.2, -0.15) is 0 Å². The first-order chi connectivity index (χ1) is 6.90. The van der Waals surface area contributed by atoms with Gasteiger partial charge in [-0.15, -0.1) is 12.4 Å². The van der Waals surface area contributed by atoms with Crippen LogP contribution in [0.5, 0.6) is 0 Å². The van der Waals surface area contributed by atoms with Gasteiger partial charge in [0.25, 0.3) is 0 Å². The van der Waals surface area contributed by atoms with Gasteiger partial charge in [-0.05, 0) is 53.1 Å². The second kappa shape index (κ2) is 5.87. The van der Waals surface area contributed by atoms with Crippen molar-refractivity contribution >= 4 is 18.3 Å². The first-order valence-corrected chi connectivity index (χ1v) is 5.93. The number of amides is 1. The molecule has 0 atom stereocenters.